The molecule has 3 atom stereocenters. The van der Waals surface area contributed by atoms with Gasteiger partial charge >= 0.3 is 0 Å². The van der Waals surface area contributed by atoms with Crippen LogP contribution in [-0.2, 0) is 7.05 Å². The van der Waals surface area contributed by atoms with E-state index in [1.807, 2.05) is 42.1 Å². The Morgan fingerprint density at radius 3 is 2.89 bits per heavy atom. The van der Waals surface area contributed by atoms with Gasteiger partial charge in [-0.2, -0.15) is 5.10 Å². The van der Waals surface area contributed by atoms with Gasteiger partial charge in [-0.25, -0.2) is 0 Å². The lowest BCUT2D eigenvalue weighted by Crippen LogP contribution is -2.43. The van der Waals surface area contributed by atoms with Gasteiger partial charge in [-0.15, -0.1) is 11.3 Å². The first-order chi connectivity index (χ1) is 13.5. The average molecular weight is 398 g/mol. The van der Waals surface area contributed by atoms with Crippen molar-refractivity contribution in [2.45, 2.75) is 39.2 Å². The number of amides is 1. The van der Waals surface area contributed by atoms with E-state index in [1.54, 1.807) is 7.11 Å². The molecular weight excluding hydrogens is 370 g/mol. The lowest BCUT2D eigenvalue weighted by Gasteiger charge is -2.34. The minimum absolute atomic E-state index is 0.0312. The molecule has 1 N–H and O–H groups in total. The summed E-state index contributed by atoms with van der Waals surface area (Å²) in [6.45, 7) is 4.54. The lowest BCUT2D eigenvalue weighted by atomic mass is 9.78. The highest BCUT2D eigenvalue weighted by molar-refractivity contribution is 7.20. The smallest absolute Gasteiger partial charge is 0.261 e. The van der Waals surface area contributed by atoms with Crippen LogP contribution in [0.3, 0.4) is 0 Å². The Hall–Kier alpha value is -2.34. The lowest BCUT2D eigenvalue weighted by molar-refractivity contribution is 0.0895. The number of methoxy groups -OCH3 is 1. The normalized spacial score (nSPS) is 22.4. The third-order valence-corrected chi connectivity index (χ3v) is 7.30. The summed E-state index contributed by atoms with van der Waals surface area (Å²) < 4.78 is 7.20. The second-order valence-electron chi connectivity index (χ2n) is 7.88. The SMILES string of the molecule is COc1cccc(-c2nn(C)c3sc(C(=O)N[C@@H]4CCC[C@H](C)[C@@H]4C)cc23)c1. The molecule has 1 saturated carbocycles. The second kappa shape index (κ2) is 7.59. The molecule has 2 heterocycles. The summed E-state index contributed by atoms with van der Waals surface area (Å²) in [5.74, 6) is 2.00. The number of rotatable bonds is 4. The second-order valence-corrected chi connectivity index (χ2v) is 8.91. The molecule has 3 aromatic rings. The van der Waals surface area contributed by atoms with E-state index in [0.29, 0.717) is 11.8 Å². The molecule has 0 unspecified atom stereocenters. The molecule has 1 aliphatic rings. The van der Waals surface area contributed by atoms with Crippen molar-refractivity contribution in [3.63, 3.8) is 0 Å². The standard InChI is InChI=1S/C22H27N3O2S/c1-13-7-5-10-18(14(13)2)23-21(26)19-12-17-20(24-25(3)22(17)28-19)15-8-6-9-16(11-15)27-4/h6,8-9,11-14,18H,5,7,10H2,1-4H3,(H,23,26)/t13-,14-,18+/m0/s1. The van der Waals surface area contributed by atoms with E-state index >= 15 is 0 Å². The number of hydrogen-bond acceptors (Lipinski definition) is 4. The number of hydrogen-bond donors (Lipinski definition) is 1. The third-order valence-electron chi connectivity index (χ3n) is 6.10. The molecule has 6 heteroatoms. The number of carbonyl (C=O) groups excluding carboxylic acids is 1. The van der Waals surface area contributed by atoms with Crippen molar-refractivity contribution in [2.75, 3.05) is 7.11 Å². The maximum absolute atomic E-state index is 12.9. The summed E-state index contributed by atoms with van der Waals surface area (Å²) in [6, 6.07) is 10.1. The fourth-order valence-electron chi connectivity index (χ4n) is 4.16. The van der Waals surface area contributed by atoms with E-state index in [0.717, 1.165) is 38.5 Å². The molecule has 1 amide bonds. The summed E-state index contributed by atoms with van der Waals surface area (Å²) in [5.41, 5.74) is 1.87. The molecule has 1 aromatic carbocycles. The van der Waals surface area contributed by atoms with Gasteiger partial charge in [-0.1, -0.05) is 38.8 Å². The van der Waals surface area contributed by atoms with Gasteiger partial charge in [0.1, 0.15) is 16.3 Å². The van der Waals surface area contributed by atoms with E-state index in [-0.39, 0.29) is 11.9 Å². The largest absolute Gasteiger partial charge is 0.497 e. The molecule has 0 aliphatic heterocycles. The first kappa shape index (κ1) is 19.0. The zero-order valence-electron chi connectivity index (χ0n) is 16.9. The van der Waals surface area contributed by atoms with Crippen LogP contribution in [0.25, 0.3) is 21.5 Å². The summed E-state index contributed by atoms with van der Waals surface area (Å²) in [7, 11) is 3.59. The van der Waals surface area contributed by atoms with Crippen LogP contribution in [0, 0.1) is 11.8 Å². The minimum Gasteiger partial charge on any atom is -0.497 e. The van der Waals surface area contributed by atoms with Crippen LogP contribution < -0.4 is 10.1 Å². The summed E-state index contributed by atoms with van der Waals surface area (Å²) in [6.07, 6.45) is 3.51. The first-order valence-electron chi connectivity index (χ1n) is 9.89. The van der Waals surface area contributed by atoms with Gasteiger partial charge in [-0.05, 0) is 36.5 Å². The number of aryl methyl sites for hydroxylation is 1. The van der Waals surface area contributed by atoms with E-state index < -0.39 is 0 Å². The van der Waals surface area contributed by atoms with Gasteiger partial charge in [0, 0.05) is 24.0 Å². The van der Waals surface area contributed by atoms with Gasteiger partial charge in [0.25, 0.3) is 5.91 Å². The summed E-state index contributed by atoms with van der Waals surface area (Å²) >= 11 is 1.51. The molecule has 148 valence electrons. The number of fused-ring (bicyclic) bond motifs is 1. The summed E-state index contributed by atoms with van der Waals surface area (Å²) in [4.78, 5) is 14.7. The van der Waals surface area contributed by atoms with Gasteiger partial charge in [-0.3, -0.25) is 9.48 Å². The third kappa shape index (κ3) is 3.41. The Labute approximate surface area is 169 Å². The highest BCUT2D eigenvalue weighted by Gasteiger charge is 2.29. The van der Waals surface area contributed by atoms with Crippen LogP contribution in [0.5, 0.6) is 5.75 Å². The topological polar surface area (TPSA) is 56.2 Å². The fraction of sp³-hybridized carbons (Fsp3) is 0.455. The molecular formula is C22H27N3O2S. The van der Waals surface area contributed by atoms with E-state index in [1.165, 1.54) is 24.2 Å². The minimum atomic E-state index is 0.0312. The quantitative estimate of drug-likeness (QED) is 0.684. The number of aromatic nitrogens is 2. The van der Waals surface area contributed by atoms with Crippen LogP contribution >= 0.6 is 11.3 Å². The van der Waals surface area contributed by atoms with E-state index in [2.05, 4.69) is 24.3 Å². The van der Waals surface area contributed by atoms with Crippen molar-refractivity contribution in [1.29, 1.82) is 0 Å². The number of ether oxygens (including phenoxy) is 1. The Balaban J connectivity index is 1.63. The monoisotopic (exact) mass is 397 g/mol. The van der Waals surface area contributed by atoms with Crippen molar-refractivity contribution in [1.82, 2.24) is 15.1 Å². The molecule has 0 bridgehead atoms. The maximum Gasteiger partial charge on any atom is 0.261 e. The predicted octanol–water partition coefficient (Wildman–Crippen LogP) is 4.86. The maximum atomic E-state index is 12.9. The van der Waals surface area contributed by atoms with E-state index in [9.17, 15) is 4.79 Å². The van der Waals surface area contributed by atoms with Crippen molar-refractivity contribution >= 4 is 27.5 Å². The Bertz CT molecular complexity index is 1010. The number of carbonyl (C=O) groups is 1. The van der Waals surface area contributed by atoms with Crippen molar-refractivity contribution in [3.8, 4) is 17.0 Å². The highest BCUT2D eigenvalue weighted by Crippen LogP contribution is 2.35. The number of thiophene rings is 1. The Morgan fingerprint density at radius 2 is 2.11 bits per heavy atom. The van der Waals surface area contributed by atoms with Crippen LogP contribution in [0.4, 0.5) is 0 Å². The average Bonchev–Trinajstić information content (AvgIpc) is 3.26. The zero-order valence-corrected chi connectivity index (χ0v) is 17.7. The Kier molecular flexibility index (Phi) is 5.15. The van der Waals surface area contributed by atoms with Crippen molar-refractivity contribution < 1.29 is 9.53 Å². The van der Waals surface area contributed by atoms with Gasteiger partial charge < -0.3 is 10.1 Å². The molecule has 1 aliphatic carbocycles. The molecule has 1 fully saturated rings. The van der Waals surface area contributed by atoms with Crippen LogP contribution in [-0.4, -0.2) is 28.8 Å². The van der Waals surface area contributed by atoms with Crippen LogP contribution in [0.1, 0.15) is 42.8 Å². The summed E-state index contributed by atoms with van der Waals surface area (Å²) in [5, 5.41) is 8.97. The first-order valence-corrected chi connectivity index (χ1v) is 10.7. The molecule has 28 heavy (non-hydrogen) atoms. The van der Waals surface area contributed by atoms with Gasteiger partial charge in [0.05, 0.1) is 12.0 Å². The van der Waals surface area contributed by atoms with Gasteiger partial charge in [0.2, 0.25) is 0 Å². The predicted molar refractivity (Wildman–Crippen MR) is 114 cm³/mol. The molecule has 4 rings (SSSR count). The highest BCUT2D eigenvalue weighted by atomic mass is 32.1. The van der Waals surface area contributed by atoms with Crippen LogP contribution in [0.15, 0.2) is 30.3 Å². The van der Waals surface area contributed by atoms with E-state index in [4.69, 9.17) is 4.74 Å². The Morgan fingerprint density at radius 1 is 1.29 bits per heavy atom. The van der Waals surface area contributed by atoms with Crippen LogP contribution in [0.2, 0.25) is 0 Å². The number of nitrogens with one attached hydrogen (secondary N) is 1. The molecule has 5 nitrogen and oxygen atoms in total. The number of benzene rings is 1. The molecule has 0 radical (unpaired) electrons. The number of nitrogens with zero attached hydrogens (tertiary/aromatic N) is 2. The zero-order chi connectivity index (χ0) is 19.8. The molecule has 2 aromatic heterocycles. The fourth-order valence-corrected chi connectivity index (χ4v) is 5.14. The van der Waals surface area contributed by atoms with Crippen molar-refractivity contribution in [2.24, 2.45) is 18.9 Å². The molecule has 0 spiro atoms. The van der Waals surface area contributed by atoms with Crippen molar-refractivity contribution in [3.05, 3.63) is 35.2 Å². The molecule has 0 saturated heterocycles. The van der Waals surface area contributed by atoms with Gasteiger partial charge in [0.15, 0.2) is 0 Å².